The molecule has 0 amide bonds. The monoisotopic (exact) mass is 324 g/mol. The first-order chi connectivity index (χ1) is 11.8. The van der Waals surface area contributed by atoms with Gasteiger partial charge in [0.05, 0.1) is 6.54 Å². The van der Waals surface area contributed by atoms with E-state index < -0.39 is 0 Å². The van der Waals surface area contributed by atoms with Gasteiger partial charge in [0.15, 0.2) is 5.78 Å². The quantitative estimate of drug-likeness (QED) is 0.733. The number of carbonyl (C=O) groups excluding carboxylic acids is 1. The van der Waals surface area contributed by atoms with E-state index >= 15 is 0 Å². The molecule has 0 N–H and O–H groups in total. The molecule has 0 atom stereocenters. The molecule has 1 saturated heterocycles. The van der Waals surface area contributed by atoms with E-state index in [0.29, 0.717) is 13.2 Å². The maximum atomic E-state index is 12.2. The Morgan fingerprint density at radius 3 is 2.08 bits per heavy atom. The molecule has 0 radical (unpaired) electrons. The SMILES string of the molecule is O=C(CN1CCN(CCOc2ccccc2)CC1)c1ccccc1. The van der Waals surface area contributed by atoms with E-state index in [9.17, 15) is 4.79 Å². The summed E-state index contributed by atoms with van der Waals surface area (Å²) in [4.78, 5) is 16.9. The molecular formula is C20H24N2O2. The van der Waals surface area contributed by atoms with Gasteiger partial charge in [-0.15, -0.1) is 0 Å². The van der Waals surface area contributed by atoms with Gasteiger partial charge in [-0.2, -0.15) is 0 Å². The van der Waals surface area contributed by atoms with Crippen LogP contribution in [0, 0.1) is 0 Å². The van der Waals surface area contributed by atoms with Crippen LogP contribution in [0.25, 0.3) is 0 Å². The van der Waals surface area contributed by atoms with Gasteiger partial charge in [0.2, 0.25) is 0 Å². The van der Waals surface area contributed by atoms with E-state index in [1.54, 1.807) is 0 Å². The van der Waals surface area contributed by atoms with Gasteiger partial charge in [-0.25, -0.2) is 0 Å². The molecule has 4 heteroatoms. The number of hydrogen-bond donors (Lipinski definition) is 0. The van der Waals surface area contributed by atoms with E-state index in [4.69, 9.17) is 4.74 Å². The van der Waals surface area contributed by atoms with Gasteiger partial charge in [0.25, 0.3) is 0 Å². The number of piperazine rings is 1. The standard InChI is InChI=1S/C20H24N2O2/c23-20(18-7-3-1-4-8-18)17-22-13-11-21(12-14-22)15-16-24-19-9-5-2-6-10-19/h1-10H,11-17H2. The van der Waals surface area contributed by atoms with Crippen molar-refractivity contribution in [1.29, 1.82) is 0 Å². The maximum Gasteiger partial charge on any atom is 0.176 e. The molecule has 0 saturated carbocycles. The molecule has 0 spiro atoms. The predicted octanol–water partition coefficient (Wildman–Crippen LogP) is 2.57. The number of carbonyl (C=O) groups is 1. The minimum atomic E-state index is 0.205. The number of Topliss-reactive ketones (excluding diaryl/α,β-unsaturated/α-hetero) is 1. The second-order valence-electron chi connectivity index (χ2n) is 6.07. The van der Waals surface area contributed by atoms with Crippen molar-refractivity contribution in [2.75, 3.05) is 45.9 Å². The molecule has 2 aromatic rings. The Morgan fingerprint density at radius 2 is 1.42 bits per heavy atom. The molecule has 0 bridgehead atoms. The lowest BCUT2D eigenvalue weighted by atomic mass is 10.1. The molecule has 1 aliphatic rings. The first kappa shape index (κ1) is 16.7. The highest BCUT2D eigenvalue weighted by molar-refractivity contribution is 5.97. The Bertz CT molecular complexity index is 623. The molecule has 126 valence electrons. The average Bonchev–Trinajstić information content (AvgIpc) is 2.65. The fourth-order valence-electron chi connectivity index (χ4n) is 2.90. The summed E-state index contributed by atoms with van der Waals surface area (Å²) in [5.41, 5.74) is 0.802. The lowest BCUT2D eigenvalue weighted by molar-refractivity contribution is 0.0831. The molecule has 0 unspecified atom stereocenters. The molecule has 0 aliphatic carbocycles. The fourth-order valence-corrected chi connectivity index (χ4v) is 2.90. The van der Waals surface area contributed by atoms with Crippen LogP contribution in [-0.4, -0.2) is 61.5 Å². The van der Waals surface area contributed by atoms with Gasteiger partial charge in [-0.3, -0.25) is 14.6 Å². The van der Waals surface area contributed by atoms with Crippen molar-refractivity contribution in [1.82, 2.24) is 9.80 Å². The zero-order chi connectivity index (χ0) is 16.6. The van der Waals surface area contributed by atoms with Crippen LogP contribution in [0.3, 0.4) is 0 Å². The number of ketones is 1. The van der Waals surface area contributed by atoms with Crippen LogP contribution in [0.15, 0.2) is 60.7 Å². The third-order valence-electron chi connectivity index (χ3n) is 4.35. The maximum absolute atomic E-state index is 12.2. The van der Waals surface area contributed by atoms with Crippen molar-refractivity contribution < 1.29 is 9.53 Å². The second kappa shape index (κ2) is 8.62. The third kappa shape index (κ3) is 4.91. The van der Waals surface area contributed by atoms with E-state index in [0.717, 1.165) is 44.0 Å². The number of nitrogens with zero attached hydrogens (tertiary/aromatic N) is 2. The fraction of sp³-hybridized carbons (Fsp3) is 0.350. The van der Waals surface area contributed by atoms with Crippen molar-refractivity contribution in [3.05, 3.63) is 66.2 Å². The number of ether oxygens (including phenoxy) is 1. The molecule has 2 aromatic carbocycles. The van der Waals surface area contributed by atoms with Crippen LogP contribution in [0.1, 0.15) is 10.4 Å². The Balaban J connectivity index is 1.36. The minimum Gasteiger partial charge on any atom is -0.492 e. The van der Waals surface area contributed by atoms with Crippen molar-refractivity contribution in [3.63, 3.8) is 0 Å². The van der Waals surface area contributed by atoms with Gasteiger partial charge >= 0.3 is 0 Å². The lowest BCUT2D eigenvalue weighted by Gasteiger charge is -2.34. The largest absolute Gasteiger partial charge is 0.492 e. The zero-order valence-corrected chi connectivity index (χ0v) is 13.9. The highest BCUT2D eigenvalue weighted by Gasteiger charge is 2.19. The molecule has 1 aliphatic heterocycles. The van der Waals surface area contributed by atoms with Crippen LogP contribution in [0.5, 0.6) is 5.75 Å². The van der Waals surface area contributed by atoms with Gasteiger partial charge in [-0.1, -0.05) is 48.5 Å². The summed E-state index contributed by atoms with van der Waals surface area (Å²) < 4.78 is 5.75. The molecular weight excluding hydrogens is 300 g/mol. The third-order valence-corrected chi connectivity index (χ3v) is 4.35. The van der Waals surface area contributed by atoms with E-state index in [2.05, 4.69) is 9.80 Å². The van der Waals surface area contributed by atoms with Crippen molar-refractivity contribution >= 4 is 5.78 Å². The molecule has 24 heavy (non-hydrogen) atoms. The lowest BCUT2D eigenvalue weighted by Crippen LogP contribution is -2.48. The summed E-state index contributed by atoms with van der Waals surface area (Å²) in [6.07, 6.45) is 0. The smallest absolute Gasteiger partial charge is 0.176 e. The highest BCUT2D eigenvalue weighted by atomic mass is 16.5. The van der Waals surface area contributed by atoms with E-state index in [1.165, 1.54) is 0 Å². The second-order valence-corrected chi connectivity index (χ2v) is 6.07. The minimum absolute atomic E-state index is 0.205. The summed E-state index contributed by atoms with van der Waals surface area (Å²) in [6, 6.07) is 19.5. The van der Waals surface area contributed by atoms with Gasteiger partial charge < -0.3 is 4.74 Å². The molecule has 0 aromatic heterocycles. The van der Waals surface area contributed by atoms with Gasteiger partial charge in [0.1, 0.15) is 12.4 Å². The number of benzene rings is 2. The Morgan fingerprint density at radius 1 is 0.833 bits per heavy atom. The van der Waals surface area contributed by atoms with Crippen LogP contribution in [-0.2, 0) is 0 Å². The van der Waals surface area contributed by atoms with Gasteiger partial charge in [0, 0.05) is 38.3 Å². The first-order valence-corrected chi connectivity index (χ1v) is 8.52. The summed E-state index contributed by atoms with van der Waals surface area (Å²) >= 11 is 0. The summed E-state index contributed by atoms with van der Waals surface area (Å²) in [6.45, 7) is 5.98. The van der Waals surface area contributed by atoms with Crippen LogP contribution >= 0.6 is 0 Å². The number of hydrogen-bond acceptors (Lipinski definition) is 4. The van der Waals surface area contributed by atoms with Gasteiger partial charge in [-0.05, 0) is 12.1 Å². The Kier molecular flexibility index (Phi) is 5.99. The average molecular weight is 324 g/mol. The van der Waals surface area contributed by atoms with Crippen molar-refractivity contribution in [2.24, 2.45) is 0 Å². The van der Waals surface area contributed by atoms with E-state index in [1.807, 2.05) is 60.7 Å². The highest BCUT2D eigenvalue weighted by Crippen LogP contribution is 2.09. The van der Waals surface area contributed by atoms with Crippen molar-refractivity contribution in [2.45, 2.75) is 0 Å². The topological polar surface area (TPSA) is 32.8 Å². The normalized spacial score (nSPS) is 16.0. The zero-order valence-electron chi connectivity index (χ0n) is 13.9. The van der Waals surface area contributed by atoms with E-state index in [-0.39, 0.29) is 5.78 Å². The molecule has 1 heterocycles. The number of para-hydroxylation sites is 1. The summed E-state index contributed by atoms with van der Waals surface area (Å²) in [7, 11) is 0. The van der Waals surface area contributed by atoms with Crippen LogP contribution in [0.4, 0.5) is 0 Å². The molecule has 3 rings (SSSR count). The predicted molar refractivity (Wildman–Crippen MR) is 95.6 cm³/mol. The summed E-state index contributed by atoms with van der Waals surface area (Å²) in [5.74, 6) is 1.13. The molecule has 1 fully saturated rings. The van der Waals surface area contributed by atoms with Crippen LogP contribution < -0.4 is 4.74 Å². The van der Waals surface area contributed by atoms with Crippen LogP contribution in [0.2, 0.25) is 0 Å². The first-order valence-electron chi connectivity index (χ1n) is 8.52. The Hall–Kier alpha value is -2.17. The Labute approximate surface area is 143 Å². The van der Waals surface area contributed by atoms with Crippen molar-refractivity contribution in [3.8, 4) is 5.75 Å². The summed E-state index contributed by atoms with van der Waals surface area (Å²) in [5, 5.41) is 0. The molecule has 4 nitrogen and oxygen atoms in total. The number of rotatable bonds is 7.